The van der Waals surface area contributed by atoms with Crippen molar-refractivity contribution in [2.75, 3.05) is 13.7 Å². The first kappa shape index (κ1) is 33.9. The molecule has 0 radical (unpaired) electrons. The van der Waals surface area contributed by atoms with Gasteiger partial charge in [0, 0.05) is 35.7 Å². The molecule has 4 nitrogen and oxygen atoms in total. The zero-order valence-corrected chi connectivity index (χ0v) is 27.4. The lowest BCUT2D eigenvalue weighted by Gasteiger charge is -2.10. The van der Waals surface area contributed by atoms with Crippen LogP contribution >= 0.6 is 0 Å². The Morgan fingerprint density at radius 3 is 1.37 bits per heavy atom. The summed E-state index contributed by atoms with van der Waals surface area (Å²) in [6.07, 6.45) is 5.81. The maximum absolute atomic E-state index is 7.00. The van der Waals surface area contributed by atoms with E-state index in [2.05, 4.69) is 133 Å². The molecule has 234 valence electrons. The molecule has 7 rings (SSSR count). The molecular weight excluding hydrogens is 564 g/mol. The summed E-state index contributed by atoms with van der Waals surface area (Å²) in [5.41, 5.74) is 15.9. The van der Waals surface area contributed by atoms with Crippen LogP contribution < -0.4 is 5.73 Å². The van der Waals surface area contributed by atoms with Crippen molar-refractivity contribution in [1.82, 2.24) is 4.57 Å². The zero-order valence-electron chi connectivity index (χ0n) is 27.4. The Morgan fingerprint density at radius 2 is 0.957 bits per heavy atom. The number of nitrogens with two attached hydrogens (primary N) is 1. The first-order chi connectivity index (χ1) is 22.8. The number of rotatable bonds is 6. The highest BCUT2D eigenvalue weighted by atomic mass is 16.3. The minimum atomic E-state index is 0.844. The van der Waals surface area contributed by atoms with Crippen LogP contribution in [0, 0.1) is 0 Å². The number of fused-ring (bicyclic) bond motifs is 3. The molecule has 0 aliphatic rings. The lowest BCUT2D eigenvalue weighted by Crippen LogP contribution is -1.95. The van der Waals surface area contributed by atoms with E-state index in [9.17, 15) is 0 Å². The van der Waals surface area contributed by atoms with Crippen molar-refractivity contribution in [3.63, 3.8) is 0 Å². The van der Waals surface area contributed by atoms with Gasteiger partial charge >= 0.3 is 12.5 Å². The highest BCUT2D eigenvalue weighted by Gasteiger charge is 2.15. The number of hydrogen-bond donors (Lipinski definition) is 2. The molecular formula is C42H45N2O2+. The van der Waals surface area contributed by atoms with Crippen LogP contribution in [0.15, 0.2) is 150 Å². The van der Waals surface area contributed by atoms with Gasteiger partial charge in [-0.1, -0.05) is 112 Å². The SMILES string of the molecule is CC.CCCCN.CO.c1ccc(-c2ccc3c(c2)c2cc(-c4ccccc4)ccc2n3-c2ccc(-c3cc[o+]cc3)cc2)cc1. The molecule has 7 aromatic rings. The summed E-state index contributed by atoms with van der Waals surface area (Å²) in [6.45, 7) is 6.98. The first-order valence-corrected chi connectivity index (χ1v) is 16.1. The second-order valence-corrected chi connectivity index (χ2v) is 10.4. The molecule has 0 bridgehead atoms. The van der Waals surface area contributed by atoms with Crippen molar-refractivity contribution in [2.45, 2.75) is 33.6 Å². The predicted molar refractivity (Wildman–Crippen MR) is 197 cm³/mol. The normalized spacial score (nSPS) is 10.2. The summed E-state index contributed by atoms with van der Waals surface area (Å²) in [7, 11) is 1.00. The van der Waals surface area contributed by atoms with Crippen LogP contribution in [0.2, 0.25) is 0 Å². The van der Waals surface area contributed by atoms with Gasteiger partial charge in [-0.05, 0) is 82.7 Å². The van der Waals surface area contributed by atoms with Gasteiger partial charge in [0.25, 0.3) is 0 Å². The summed E-state index contributed by atoms with van der Waals surface area (Å²) in [4.78, 5) is 0. The van der Waals surface area contributed by atoms with Crippen LogP contribution in [0.4, 0.5) is 0 Å². The lowest BCUT2D eigenvalue weighted by atomic mass is 10.0. The van der Waals surface area contributed by atoms with Crippen molar-refractivity contribution >= 4 is 21.8 Å². The highest BCUT2D eigenvalue weighted by Crippen LogP contribution is 2.37. The van der Waals surface area contributed by atoms with E-state index in [4.69, 9.17) is 15.3 Å². The van der Waals surface area contributed by atoms with Crippen LogP contribution in [0.3, 0.4) is 0 Å². The van der Waals surface area contributed by atoms with Crippen molar-refractivity contribution in [1.29, 1.82) is 0 Å². The van der Waals surface area contributed by atoms with Crippen LogP contribution in [0.5, 0.6) is 0 Å². The Bertz CT molecular complexity index is 1800. The quantitative estimate of drug-likeness (QED) is 0.184. The number of hydrogen-bond acceptors (Lipinski definition) is 2. The van der Waals surface area contributed by atoms with Gasteiger partial charge in [-0.25, -0.2) is 4.42 Å². The fourth-order valence-corrected chi connectivity index (χ4v) is 5.45. The second-order valence-electron chi connectivity index (χ2n) is 10.4. The zero-order chi connectivity index (χ0) is 32.7. The molecule has 0 spiro atoms. The van der Waals surface area contributed by atoms with Gasteiger partial charge in [-0.15, -0.1) is 0 Å². The molecule has 0 atom stereocenters. The third-order valence-electron chi connectivity index (χ3n) is 7.65. The second kappa shape index (κ2) is 17.5. The Morgan fingerprint density at radius 1 is 0.543 bits per heavy atom. The molecule has 2 heterocycles. The van der Waals surface area contributed by atoms with Gasteiger partial charge < -0.3 is 15.4 Å². The van der Waals surface area contributed by atoms with E-state index in [1.807, 2.05) is 26.0 Å². The largest absolute Gasteiger partial charge is 0.400 e. The Hall–Kier alpha value is -5.03. The van der Waals surface area contributed by atoms with Gasteiger partial charge in [-0.2, -0.15) is 0 Å². The van der Waals surface area contributed by atoms with E-state index in [1.54, 1.807) is 12.5 Å². The Balaban J connectivity index is 0.000000482. The van der Waals surface area contributed by atoms with Gasteiger partial charge in [0.15, 0.2) is 0 Å². The predicted octanol–water partition coefficient (Wildman–Crippen LogP) is 11.0. The molecule has 3 N–H and O–H groups in total. The average Bonchev–Trinajstić information content (AvgIpc) is 3.48. The fraction of sp³-hybridized carbons (Fsp3) is 0.167. The van der Waals surface area contributed by atoms with Crippen molar-refractivity contribution < 1.29 is 9.52 Å². The number of aromatic nitrogens is 1. The first-order valence-electron chi connectivity index (χ1n) is 16.1. The lowest BCUT2D eigenvalue weighted by molar-refractivity contribution is 0.399. The minimum Gasteiger partial charge on any atom is -0.400 e. The number of benzene rings is 5. The van der Waals surface area contributed by atoms with Gasteiger partial charge in [0.05, 0.1) is 11.0 Å². The molecule has 0 saturated heterocycles. The molecule has 0 fully saturated rings. The van der Waals surface area contributed by atoms with Crippen LogP contribution in [0.1, 0.15) is 33.6 Å². The smallest absolute Gasteiger partial charge is 0.318 e. The molecule has 0 aliphatic heterocycles. The number of unbranched alkanes of at least 4 members (excludes halogenated alkanes) is 1. The standard InChI is InChI=1S/C35H24NO.C4H11N.C2H6.CH4O/c1-3-7-25(8-4-1)29-13-17-34-32(23-29)33-24-30(26-9-5-2-6-10-26)14-18-35(33)36(34)31-15-11-27(12-16-31)28-19-21-37-22-20-28;1-2-3-4-5;2*1-2/h1-24H;2-5H2,1H3;1-2H3;2H,1H3/q+1;;;. The van der Waals surface area contributed by atoms with Crippen molar-refractivity contribution in [3.8, 4) is 39.1 Å². The summed E-state index contributed by atoms with van der Waals surface area (Å²) in [6, 6.07) is 47.6. The number of nitrogens with zero attached hydrogens (tertiary/aromatic N) is 1. The van der Waals surface area contributed by atoms with Gasteiger partial charge in [0.2, 0.25) is 0 Å². The Kier molecular flexibility index (Phi) is 12.8. The maximum atomic E-state index is 7.00. The molecule has 0 amide bonds. The van der Waals surface area contributed by atoms with Crippen molar-refractivity contribution in [3.05, 3.63) is 146 Å². The summed E-state index contributed by atoms with van der Waals surface area (Å²) < 4.78 is 7.57. The molecule has 2 aromatic heterocycles. The van der Waals surface area contributed by atoms with Gasteiger partial charge in [-0.3, -0.25) is 0 Å². The fourth-order valence-electron chi connectivity index (χ4n) is 5.45. The maximum Gasteiger partial charge on any atom is 0.318 e. The molecule has 46 heavy (non-hydrogen) atoms. The van der Waals surface area contributed by atoms with Crippen LogP contribution in [0.25, 0.3) is 60.9 Å². The third kappa shape index (κ3) is 7.78. The highest BCUT2D eigenvalue weighted by molar-refractivity contribution is 6.11. The average molecular weight is 610 g/mol. The molecule has 5 aromatic carbocycles. The van der Waals surface area contributed by atoms with E-state index in [-0.39, 0.29) is 0 Å². The third-order valence-corrected chi connectivity index (χ3v) is 7.65. The van der Waals surface area contributed by atoms with E-state index >= 15 is 0 Å². The van der Waals surface area contributed by atoms with Gasteiger partial charge in [0.1, 0.15) is 0 Å². The number of aliphatic hydroxyl groups excluding tert-OH is 1. The van der Waals surface area contributed by atoms with E-state index in [0.29, 0.717) is 0 Å². The number of aliphatic hydroxyl groups is 1. The van der Waals surface area contributed by atoms with Crippen LogP contribution in [-0.4, -0.2) is 23.3 Å². The minimum absolute atomic E-state index is 0.844. The van der Waals surface area contributed by atoms with Crippen LogP contribution in [-0.2, 0) is 0 Å². The molecule has 0 unspecified atom stereocenters. The monoisotopic (exact) mass is 609 g/mol. The van der Waals surface area contributed by atoms with E-state index < -0.39 is 0 Å². The summed E-state index contributed by atoms with van der Waals surface area (Å²) >= 11 is 0. The summed E-state index contributed by atoms with van der Waals surface area (Å²) in [5, 5.41) is 9.51. The molecule has 0 saturated carbocycles. The van der Waals surface area contributed by atoms with E-state index in [1.165, 1.54) is 56.9 Å². The topological polar surface area (TPSA) is 62.5 Å². The molecule has 0 aliphatic carbocycles. The Labute approximate surface area is 273 Å². The molecule has 4 heteroatoms. The summed E-state index contributed by atoms with van der Waals surface area (Å²) in [5.74, 6) is 0. The van der Waals surface area contributed by atoms with Crippen molar-refractivity contribution in [2.24, 2.45) is 5.73 Å². The van der Waals surface area contributed by atoms with E-state index in [0.717, 1.165) is 30.5 Å².